The second kappa shape index (κ2) is 9.46. The molecule has 2 amide bonds. The van der Waals surface area contributed by atoms with Crippen LogP contribution < -0.4 is 15.8 Å². The Kier molecular flexibility index (Phi) is 7.00. The number of anilines is 1. The summed E-state index contributed by atoms with van der Waals surface area (Å²) in [6, 6.07) is 9.59. The van der Waals surface area contributed by atoms with Gasteiger partial charge in [-0.2, -0.15) is 5.10 Å². The summed E-state index contributed by atoms with van der Waals surface area (Å²) in [6.07, 6.45) is 3.87. The van der Waals surface area contributed by atoms with Crippen LogP contribution in [-0.4, -0.2) is 28.2 Å². The first-order chi connectivity index (χ1) is 12.0. The summed E-state index contributed by atoms with van der Waals surface area (Å²) < 4.78 is 7.23. The highest BCUT2D eigenvalue weighted by Crippen LogP contribution is 2.13. The van der Waals surface area contributed by atoms with Crippen LogP contribution in [0.2, 0.25) is 0 Å². The molecule has 134 valence electrons. The van der Waals surface area contributed by atoms with E-state index in [4.69, 9.17) is 10.5 Å². The maximum Gasteiger partial charge on any atom is 0.225 e. The number of carbonyl (C=O) groups is 2. The molecule has 0 bridgehead atoms. The van der Waals surface area contributed by atoms with Crippen molar-refractivity contribution in [2.75, 3.05) is 11.9 Å². The van der Waals surface area contributed by atoms with Gasteiger partial charge in [0, 0.05) is 31.6 Å². The molecule has 25 heavy (non-hydrogen) atoms. The molecule has 7 heteroatoms. The summed E-state index contributed by atoms with van der Waals surface area (Å²) in [6.45, 7) is 3.01. The maximum absolute atomic E-state index is 11.9. The third kappa shape index (κ3) is 7.07. The molecular formula is C18H24N4O3. The second-order valence-corrected chi connectivity index (χ2v) is 5.85. The van der Waals surface area contributed by atoms with Gasteiger partial charge in [0.25, 0.3) is 0 Å². The molecule has 1 aromatic carbocycles. The van der Waals surface area contributed by atoms with E-state index in [1.807, 2.05) is 31.2 Å². The van der Waals surface area contributed by atoms with Gasteiger partial charge in [0.05, 0.1) is 6.61 Å². The Balaban J connectivity index is 1.61. The van der Waals surface area contributed by atoms with E-state index < -0.39 is 0 Å². The predicted octanol–water partition coefficient (Wildman–Crippen LogP) is 2.25. The van der Waals surface area contributed by atoms with Crippen molar-refractivity contribution in [3.8, 4) is 5.75 Å². The van der Waals surface area contributed by atoms with Crippen molar-refractivity contribution in [1.82, 2.24) is 9.78 Å². The molecule has 1 aromatic heterocycles. The smallest absolute Gasteiger partial charge is 0.225 e. The molecule has 0 atom stereocenters. The number of hydrogen-bond acceptors (Lipinski definition) is 4. The standard InChI is InChI=1S/C18H24N4O3/c1-14-5-4-6-15(13-14)25-12-3-2-7-18(24)20-17-9-11-22(21-17)10-8-16(19)23/h4-6,9,11,13H,2-3,7-8,10,12H2,1H3,(H2,19,23)(H,20,21,24). The van der Waals surface area contributed by atoms with Gasteiger partial charge in [-0.1, -0.05) is 12.1 Å². The third-order valence-corrected chi connectivity index (χ3v) is 3.55. The number of ether oxygens (including phenoxy) is 1. The van der Waals surface area contributed by atoms with Crippen molar-refractivity contribution < 1.29 is 14.3 Å². The van der Waals surface area contributed by atoms with Crippen molar-refractivity contribution in [3.05, 3.63) is 42.1 Å². The zero-order valence-corrected chi connectivity index (χ0v) is 14.4. The average Bonchev–Trinajstić information content (AvgIpc) is 3.00. The normalized spacial score (nSPS) is 10.4. The molecule has 0 saturated carbocycles. The van der Waals surface area contributed by atoms with Gasteiger partial charge in [-0.05, 0) is 37.5 Å². The fourth-order valence-electron chi connectivity index (χ4n) is 2.27. The molecule has 1 heterocycles. The number of amides is 2. The Morgan fingerprint density at radius 1 is 1.24 bits per heavy atom. The molecule has 0 saturated heterocycles. The first-order valence-electron chi connectivity index (χ1n) is 8.34. The van der Waals surface area contributed by atoms with Gasteiger partial charge < -0.3 is 15.8 Å². The zero-order valence-electron chi connectivity index (χ0n) is 14.4. The Hall–Kier alpha value is -2.83. The van der Waals surface area contributed by atoms with Gasteiger partial charge in [0.2, 0.25) is 11.8 Å². The molecular weight excluding hydrogens is 320 g/mol. The number of nitrogens with one attached hydrogen (secondary N) is 1. The lowest BCUT2D eigenvalue weighted by Crippen LogP contribution is -2.15. The molecule has 0 aliphatic rings. The van der Waals surface area contributed by atoms with Crippen LogP contribution in [0.5, 0.6) is 5.75 Å². The summed E-state index contributed by atoms with van der Waals surface area (Å²) >= 11 is 0. The first kappa shape index (κ1) is 18.5. The van der Waals surface area contributed by atoms with Crippen LogP contribution in [-0.2, 0) is 16.1 Å². The Bertz CT molecular complexity index is 712. The van der Waals surface area contributed by atoms with E-state index in [0.717, 1.165) is 24.2 Å². The van der Waals surface area contributed by atoms with E-state index in [0.29, 0.717) is 25.4 Å². The van der Waals surface area contributed by atoms with Crippen molar-refractivity contribution in [3.63, 3.8) is 0 Å². The highest BCUT2D eigenvalue weighted by molar-refractivity contribution is 5.89. The number of aromatic nitrogens is 2. The quantitative estimate of drug-likeness (QED) is 0.646. The summed E-state index contributed by atoms with van der Waals surface area (Å²) in [5.41, 5.74) is 6.25. The summed E-state index contributed by atoms with van der Waals surface area (Å²) in [7, 11) is 0. The Labute approximate surface area is 147 Å². The van der Waals surface area contributed by atoms with Gasteiger partial charge >= 0.3 is 0 Å². The van der Waals surface area contributed by atoms with Gasteiger partial charge in [0.1, 0.15) is 5.75 Å². The number of primary amides is 1. The number of unbranched alkanes of at least 4 members (excludes halogenated alkanes) is 1. The largest absolute Gasteiger partial charge is 0.494 e. The number of hydrogen-bond donors (Lipinski definition) is 2. The summed E-state index contributed by atoms with van der Waals surface area (Å²) in [5, 5.41) is 6.90. The van der Waals surface area contributed by atoms with Crippen molar-refractivity contribution >= 4 is 17.6 Å². The van der Waals surface area contributed by atoms with E-state index in [9.17, 15) is 9.59 Å². The molecule has 7 nitrogen and oxygen atoms in total. The molecule has 0 radical (unpaired) electrons. The van der Waals surface area contributed by atoms with Crippen molar-refractivity contribution in [2.45, 2.75) is 39.2 Å². The minimum atomic E-state index is -0.381. The summed E-state index contributed by atoms with van der Waals surface area (Å²) in [4.78, 5) is 22.6. The van der Waals surface area contributed by atoms with Gasteiger partial charge in [-0.3, -0.25) is 14.3 Å². The van der Waals surface area contributed by atoms with Gasteiger partial charge in [0.15, 0.2) is 5.82 Å². The Morgan fingerprint density at radius 2 is 2.08 bits per heavy atom. The molecule has 2 rings (SSSR count). The van der Waals surface area contributed by atoms with Crippen LogP contribution in [0.15, 0.2) is 36.5 Å². The number of rotatable bonds is 10. The van der Waals surface area contributed by atoms with E-state index >= 15 is 0 Å². The lowest BCUT2D eigenvalue weighted by Gasteiger charge is -2.06. The highest BCUT2D eigenvalue weighted by Gasteiger charge is 2.06. The molecule has 2 aromatic rings. The van der Waals surface area contributed by atoms with E-state index in [2.05, 4.69) is 10.4 Å². The Morgan fingerprint density at radius 3 is 2.84 bits per heavy atom. The fraction of sp³-hybridized carbons (Fsp3) is 0.389. The van der Waals surface area contributed by atoms with Crippen LogP contribution in [0.1, 0.15) is 31.2 Å². The molecule has 0 fully saturated rings. The molecule has 0 unspecified atom stereocenters. The minimum absolute atomic E-state index is 0.0873. The monoisotopic (exact) mass is 344 g/mol. The van der Waals surface area contributed by atoms with E-state index in [1.54, 1.807) is 16.9 Å². The number of aryl methyl sites for hydroxylation is 2. The average molecular weight is 344 g/mol. The van der Waals surface area contributed by atoms with E-state index in [1.165, 1.54) is 0 Å². The topological polar surface area (TPSA) is 99.2 Å². The third-order valence-electron chi connectivity index (χ3n) is 3.55. The number of nitrogens with zero attached hydrogens (tertiary/aromatic N) is 2. The highest BCUT2D eigenvalue weighted by atomic mass is 16.5. The van der Waals surface area contributed by atoms with Gasteiger partial charge in [-0.15, -0.1) is 0 Å². The van der Waals surface area contributed by atoms with E-state index in [-0.39, 0.29) is 18.2 Å². The van der Waals surface area contributed by atoms with Crippen molar-refractivity contribution in [1.29, 1.82) is 0 Å². The number of carbonyl (C=O) groups excluding carboxylic acids is 2. The van der Waals surface area contributed by atoms with Crippen LogP contribution >= 0.6 is 0 Å². The van der Waals surface area contributed by atoms with Crippen LogP contribution in [0, 0.1) is 6.92 Å². The van der Waals surface area contributed by atoms with Crippen LogP contribution in [0.25, 0.3) is 0 Å². The molecule has 0 aliphatic carbocycles. The predicted molar refractivity (Wildman–Crippen MR) is 95.2 cm³/mol. The number of benzene rings is 1. The SMILES string of the molecule is Cc1cccc(OCCCCC(=O)Nc2ccn(CCC(N)=O)n2)c1. The molecule has 0 spiro atoms. The first-order valence-corrected chi connectivity index (χ1v) is 8.34. The zero-order chi connectivity index (χ0) is 18.1. The molecule has 3 N–H and O–H groups in total. The fourth-order valence-corrected chi connectivity index (χ4v) is 2.27. The second-order valence-electron chi connectivity index (χ2n) is 5.85. The summed E-state index contributed by atoms with van der Waals surface area (Å²) in [5.74, 6) is 0.862. The molecule has 0 aliphatic heterocycles. The van der Waals surface area contributed by atoms with Crippen LogP contribution in [0.4, 0.5) is 5.82 Å². The lowest BCUT2D eigenvalue weighted by molar-refractivity contribution is -0.118. The lowest BCUT2D eigenvalue weighted by atomic mass is 10.2. The maximum atomic E-state index is 11.9. The number of nitrogens with two attached hydrogens (primary N) is 1. The van der Waals surface area contributed by atoms with Crippen molar-refractivity contribution in [2.24, 2.45) is 5.73 Å². The minimum Gasteiger partial charge on any atom is -0.494 e. The van der Waals surface area contributed by atoms with Crippen LogP contribution in [0.3, 0.4) is 0 Å². The van der Waals surface area contributed by atoms with Gasteiger partial charge in [-0.25, -0.2) is 0 Å².